The zero-order valence-electron chi connectivity index (χ0n) is 18.5. The van der Waals surface area contributed by atoms with Crippen LogP contribution in [0.2, 0.25) is 0 Å². The van der Waals surface area contributed by atoms with Crippen molar-refractivity contribution in [2.24, 2.45) is 0 Å². The Balaban J connectivity index is 1.76. The van der Waals surface area contributed by atoms with Crippen LogP contribution in [0.1, 0.15) is 46.7 Å². The smallest absolute Gasteiger partial charge is 0.410 e. The van der Waals surface area contributed by atoms with Crippen molar-refractivity contribution in [1.82, 2.24) is 15.2 Å². The number of ether oxygens (including phenoxy) is 1. The fraction of sp³-hybridized carbons (Fsp3) is 0.304. The van der Waals surface area contributed by atoms with Crippen LogP contribution in [0.25, 0.3) is 11.6 Å². The van der Waals surface area contributed by atoms with E-state index in [9.17, 15) is 18.8 Å². The van der Waals surface area contributed by atoms with Crippen molar-refractivity contribution in [1.29, 1.82) is 0 Å². The summed E-state index contributed by atoms with van der Waals surface area (Å²) in [5.74, 6) is -1.07. The minimum Gasteiger partial charge on any atom is -0.442 e. The number of likely N-dealkylation sites (N-methyl/N-ethyl adjacent to an activating group) is 1. The van der Waals surface area contributed by atoms with Gasteiger partial charge in [-0.1, -0.05) is 0 Å². The number of aromatic nitrogens is 1. The molecule has 32 heavy (non-hydrogen) atoms. The van der Waals surface area contributed by atoms with Crippen LogP contribution in [-0.2, 0) is 9.53 Å². The number of amides is 3. The third kappa shape index (κ3) is 4.66. The lowest BCUT2D eigenvalue weighted by Gasteiger charge is -2.19. The molecular formula is C23H26FN4O4. The van der Waals surface area contributed by atoms with Gasteiger partial charge >= 0.3 is 6.09 Å². The topological polar surface area (TPSA) is 104 Å². The number of H-pyrrole nitrogens is 1. The first-order chi connectivity index (χ1) is 15.3. The number of aryl methyl sites for hydroxylation is 1. The van der Waals surface area contributed by atoms with Crippen molar-refractivity contribution in [2.45, 2.75) is 27.7 Å². The minimum absolute atomic E-state index is 0.251. The summed E-state index contributed by atoms with van der Waals surface area (Å²) in [7, 11) is 0. The molecule has 0 aliphatic carbocycles. The maximum Gasteiger partial charge on any atom is 0.410 e. The first kappa shape index (κ1) is 23.1. The fourth-order valence-electron chi connectivity index (χ4n) is 3.65. The quantitative estimate of drug-likeness (QED) is 0.571. The Morgan fingerprint density at radius 1 is 1.28 bits per heavy atom. The molecule has 3 amide bonds. The molecule has 3 rings (SSSR count). The molecule has 8 nitrogen and oxygen atoms in total. The van der Waals surface area contributed by atoms with E-state index in [1.54, 1.807) is 26.8 Å². The molecule has 0 fully saturated rings. The van der Waals surface area contributed by atoms with E-state index in [0.29, 0.717) is 52.4 Å². The summed E-state index contributed by atoms with van der Waals surface area (Å²) in [6, 6.07) is 4.11. The molecule has 0 saturated carbocycles. The molecule has 1 aromatic heterocycles. The molecule has 0 spiro atoms. The molecule has 1 aliphatic rings. The van der Waals surface area contributed by atoms with Gasteiger partial charge in [0.2, 0.25) is 0 Å². The second-order valence-corrected chi connectivity index (χ2v) is 7.32. The molecule has 1 radical (unpaired) electrons. The van der Waals surface area contributed by atoms with E-state index in [1.165, 1.54) is 29.7 Å². The number of anilines is 1. The van der Waals surface area contributed by atoms with Gasteiger partial charge in [0.05, 0.1) is 11.1 Å². The van der Waals surface area contributed by atoms with Gasteiger partial charge in [-0.3, -0.25) is 9.59 Å². The van der Waals surface area contributed by atoms with Crippen molar-refractivity contribution in [3.63, 3.8) is 0 Å². The predicted octanol–water partition coefficient (Wildman–Crippen LogP) is 3.63. The van der Waals surface area contributed by atoms with Gasteiger partial charge in [0, 0.05) is 42.3 Å². The maximum absolute atomic E-state index is 13.7. The number of aromatic amines is 1. The summed E-state index contributed by atoms with van der Waals surface area (Å²) in [5, 5.41) is 5.52. The lowest BCUT2D eigenvalue weighted by atomic mass is 10.0. The van der Waals surface area contributed by atoms with Crippen LogP contribution in [0.5, 0.6) is 0 Å². The van der Waals surface area contributed by atoms with Crippen LogP contribution in [0.3, 0.4) is 0 Å². The number of carbonyl (C=O) groups excluding carboxylic acids is 3. The third-order valence-electron chi connectivity index (χ3n) is 5.28. The number of nitrogens with one attached hydrogen (secondary N) is 3. The van der Waals surface area contributed by atoms with E-state index < -0.39 is 11.9 Å². The maximum atomic E-state index is 13.7. The number of halogens is 1. The molecular weight excluding hydrogens is 415 g/mol. The Morgan fingerprint density at radius 2 is 2.03 bits per heavy atom. The fourth-order valence-corrected chi connectivity index (χ4v) is 3.65. The van der Waals surface area contributed by atoms with Crippen molar-refractivity contribution < 1.29 is 23.5 Å². The number of carbonyl (C=O) groups is 3. The van der Waals surface area contributed by atoms with Crippen molar-refractivity contribution >= 4 is 35.2 Å². The summed E-state index contributed by atoms with van der Waals surface area (Å²) in [5.41, 5.74) is 3.69. The molecule has 0 saturated heterocycles. The van der Waals surface area contributed by atoms with Crippen molar-refractivity contribution in [3.05, 3.63) is 58.7 Å². The molecule has 9 heteroatoms. The molecule has 2 aromatic rings. The van der Waals surface area contributed by atoms with Gasteiger partial charge in [-0.25, -0.2) is 9.18 Å². The van der Waals surface area contributed by atoms with Crippen LogP contribution in [-0.4, -0.2) is 47.4 Å². The highest BCUT2D eigenvalue weighted by molar-refractivity contribution is 6.34. The first-order valence-corrected chi connectivity index (χ1v) is 10.3. The monoisotopic (exact) mass is 441 g/mol. The van der Waals surface area contributed by atoms with Crippen LogP contribution in [0.15, 0.2) is 18.2 Å². The van der Waals surface area contributed by atoms with Crippen LogP contribution in [0, 0.1) is 26.3 Å². The number of nitrogens with zero attached hydrogens (tertiary/aromatic N) is 1. The van der Waals surface area contributed by atoms with E-state index in [2.05, 4.69) is 15.6 Å². The molecule has 3 N–H and O–H groups in total. The van der Waals surface area contributed by atoms with Gasteiger partial charge in [0.1, 0.15) is 12.4 Å². The number of hydrogen-bond donors (Lipinski definition) is 3. The largest absolute Gasteiger partial charge is 0.442 e. The minimum atomic E-state index is -0.473. The molecule has 0 unspecified atom stereocenters. The summed E-state index contributed by atoms with van der Waals surface area (Å²) in [6.45, 7) is 9.29. The second kappa shape index (κ2) is 9.67. The van der Waals surface area contributed by atoms with Crippen molar-refractivity contribution in [2.75, 3.05) is 25.0 Å². The zero-order chi connectivity index (χ0) is 23.4. The molecule has 2 heterocycles. The Morgan fingerprint density at radius 3 is 2.72 bits per heavy atom. The predicted molar refractivity (Wildman–Crippen MR) is 119 cm³/mol. The average molecular weight is 441 g/mol. The highest BCUT2D eigenvalue weighted by atomic mass is 19.1. The summed E-state index contributed by atoms with van der Waals surface area (Å²) < 4.78 is 18.6. The highest BCUT2D eigenvalue weighted by Crippen LogP contribution is 2.34. The number of hydrogen-bond acceptors (Lipinski definition) is 4. The summed E-state index contributed by atoms with van der Waals surface area (Å²) in [6.07, 6.45) is 1.15. The lowest BCUT2D eigenvalue weighted by molar-refractivity contribution is -0.110. The van der Waals surface area contributed by atoms with E-state index in [4.69, 9.17) is 4.74 Å². The van der Waals surface area contributed by atoms with E-state index in [1.807, 2.05) is 6.92 Å². The van der Waals surface area contributed by atoms with Crippen LogP contribution >= 0.6 is 0 Å². The van der Waals surface area contributed by atoms with Gasteiger partial charge in [0.25, 0.3) is 11.8 Å². The lowest BCUT2D eigenvalue weighted by Crippen LogP contribution is -2.38. The molecule has 0 bridgehead atoms. The highest BCUT2D eigenvalue weighted by Gasteiger charge is 2.26. The van der Waals surface area contributed by atoms with E-state index in [0.717, 1.165) is 0 Å². The van der Waals surface area contributed by atoms with Gasteiger partial charge in [-0.05, 0) is 57.5 Å². The standard InChI is InChI=1S/C23H26FN4O4/c1-5-28(23(31)32-6-2)10-9-25-22(30)20-13(3)19(26-14(20)4)12-17-16-11-15(24)7-8-18(16)27-21(17)29/h6-8,11-12,26H,5,9-10H2,1-4H3,(H,25,30)(H,27,29)/b17-12-. The molecule has 1 aromatic carbocycles. The third-order valence-corrected chi connectivity index (χ3v) is 5.28. The van der Waals surface area contributed by atoms with Gasteiger partial charge in [0.15, 0.2) is 0 Å². The molecule has 0 atom stereocenters. The van der Waals surface area contributed by atoms with Gasteiger partial charge in [-0.2, -0.15) is 0 Å². The number of benzene rings is 1. The summed E-state index contributed by atoms with van der Waals surface area (Å²) >= 11 is 0. The van der Waals surface area contributed by atoms with E-state index >= 15 is 0 Å². The van der Waals surface area contributed by atoms with Gasteiger partial charge < -0.3 is 25.3 Å². The number of fused-ring (bicyclic) bond motifs is 1. The second-order valence-electron chi connectivity index (χ2n) is 7.32. The first-order valence-electron chi connectivity index (χ1n) is 10.3. The van der Waals surface area contributed by atoms with Crippen LogP contribution in [0.4, 0.5) is 14.9 Å². The van der Waals surface area contributed by atoms with Gasteiger partial charge in [-0.15, -0.1) is 0 Å². The number of rotatable bonds is 7. The Hall–Kier alpha value is -3.62. The van der Waals surface area contributed by atoms with Crippen LogP contribution < -0.4 is 10.6 Å². The van der Waals surface area contributed by atoms with Crippen molar-refractivity contribution in [3.8, 4) is 0 Å². The normalized spacial score (nSPS) is 13.7. The summed E-state index contributed by atoms with van der Waals surface area (Å²) in [4.78, 5) is 41.6. The molecule has 169 valence electrons. The average Bonchev–Trinajstić information content (AvgIpc) is 3.20. The SMILES string of the molecule is C[CH]OC(=O)N(CC)CCNC(=O)c1c(C)[nH]c(/C=C2\C(=O)Nc3ccc(F)cc32)c1C. The Kier molecular flexibility index (Phi) is 6.97. The Bertz CT molecular complexity index is 1090. The molecule has 1 aliphatic heterocycles. The van der Waals surface area contributed by atoms with E-state index in [-0.39, 0.29) is 18.4 Å². The zero-order valence-corrected chi connectivity index (χ0v) is 18.5. The Labute approximate surface area is 185 Å².